The largest absolute Gasteiger partial charge is 0.348 e. The summed E-state index contributed by atoms with van der Waals surface area (Å²) in [6, 6.07) is 47.9. The monoisotopic (exact) mass is 975 g/mol. The van der Waals surface area contributed by atoms with Gasteiger partial charge in [0.2, 0.25) is 6.71 Å². The van der Waals surface area contributed by atoms with Gasteiger partial charge in [-0.2, -0.15) is 0 Å². The minimum Gasteiger partial charge on any atom is -0.348 e. The molecule has 0 saturated heterocycles. The molecule has 13 rings (SSSR count). The van der Waals surface area contributed by atoms with Gasteiger partial charge in [-0.05, 0) is 191 Å². The SMILES string of the molecule is CC1(C)CC(C)(C)c2cc(N3C4=C5B(c6cc7c(cc63)C(C)(C)CC7(C)C)c3cc6c(cc3N(c3ccc7c(c3)C(C)(C)CC7(C)C)C5NC(N(c3ccccc3)c3ccccc3)=C4)C(C)(C)CC6(C)C)ccc21. The van der Waals surface area contributed by atoms with Crippen LogP contribution in [0.25, 0.3) is 0 Å². The van der Waals surface area contributed by atoms with E-state index in [-0.39, 0.29) is 56.2 Å². The number of dihydropyridines is 1. The normalized spacial score (nSPS) is 23.4. The molecule has 6 aromatic carbocycles. The molecule has 0 aromatic heterocycles. The van der Waals surface area contributed by atoms with Crippen LogP contribution in [0.1, 0.15) is 181 Å². The standard InChI is InChI=1S/C69H79BN4/c1-62(2)38-64(5,6)48-31-44(27-29-46(48)62)73-56-35-52-50(66(9,10)40-68(52,13)14)33-54(56)70-55-34-51-53(69(15,16)41-67(51,11)12)36-57(55)74(45-28-30-47-49(32-45)65(7,8)39-63(47,3)4)61-60(70)58(73)37-59(71-61)72(42-23-19-17-20-24-42)43-25-21-18-22-26-43/h17-37,61,71H,38-41H2,1-16H3. The number of para-hydroxylation sites is 2. The van der Waals surface area contributed by atoms with E-state index in [4.69, 9.17) is 0 Å². The average molecular weight is 975 g/mol. The second kappa shape index (κ2) is 14.9. The molecule has 1 N–H and O–H groups in total. The lowest BCUT2D eigenvalue weighted by atomic mass is 9.32. The second-order valence-corrected chi connectivity index (χ2v) is 29.2. The molecule has 4 nitrogen and oxygen atoms in total. The third kappa shape index (κ3) is 6.72. The van der Waals surface area contributed by atoms with Gasteiger partial charge in [-0.25, -0.2) is 0 Å². The Morgan fingerprint density at radius 1 is 0.419 bits per heavy atom. The highest BCUT2D eigenvalue weighted by Crippen LogP contribution is 2.58. The van der Waals surface area contributed by atoms with Gasteiger partial charge in [0, 0.05) is 45.9 Å². The molecule has 74 heavy (non-hydrogen) atoms. The van der Waals surface area contributed by atoms with Crippen LogP contribution in [0.3, 0.4) is 0 Å². The quantitative estimate of drug-likeness (QED) is 0.174. The fourth-order valence-electron chi connectivity index (χ4n) is 17.5. The average Bonchev–Trinajstić information content (AvgIpc) is 3.85. The van der Waals surface area contributed by atoms with Crippen LogP contribution in [-0.2, 0) is 43.3 Å². The second-order valence-electron chi connectivity index (χ2n) is 29.2. The maximum absolute atomic E-state index is 4.46. The highest BCUT2D eigenvalue weighted by molar-refractivity contribution is 6.94. The van der Waals surface area contributed by atoms with Crippen molar-refractivity contribution in [1.29, 1.82) is 0 Å². The number of fused-ring (bicyclic) bond motifs is 8. The third-order valence-electron chi connectivity index (χ3n) is 19.6. The van der Waals surface area contributed by atoms with Gasteiger partial charge in [-0.1, -0.05) is 171 Å². The van der Waals surface area contributed by atoms with Gasteiger partial charge >= 0.3 is 0 Å². The summed E-state index contributed by atoms with van der Waals surface area (Å²) in [5, 5.41) is 4.46. The van der Waals surface area contributed by atoms with Crippen LogP contribution in [0.2, 0.25) is 0 Å². The van der Waals surface area contributed by atoms with Crippen molar-refractivity contribution in [3.05, 3.63) is 189 Å². The molecule has 1 atom stereocenters. The van der Waals surface area contributed by atoms with Crippen molar-refractivity contribution in [3.8, 4) is 0 Å². The molecular formula is C69H79BN4. The number of hydrogen-bond donors (Lipinski definition) is 1. The van der Waals surface area contributed by atoms with Crippen LogP contribution in [0, 0.1) is 0 Å². The Balaban J connectivity index is 1.18. The van der Waals surface area contributed by atoms with Crippen LogP contribution >= 0.6 is 0 Å². The minimum absolute atomic E-state index is 0.00364. The highest BCUT2D eigenvalue weighted by Gasteiger charge is 2.54. The van der Waals surface area contributed by atoms with Crippen molar-refractivity contribution in [2.75, 3.05) is 14.7 Å². The van der Waals surface area contributed by atoms with E-state index in [0.29, 0.717) is 0 Å². The van der Waals surface area contributed by atoms with Crippen molar-refractivity contribution in [3.63, 3.8) is 0 Å². The lowest BCUT2D eigenvalue weighted by Crippen LogP contribution is -2.65. The zero-order chi connectivity index (χ0) is 52.2. The van der Waals surface area contributed by atoms with Gasteiger partial charge in [0.15, 0.2) is 0 Å². The predicted octanol–water partition coefficient (Wildman–Crippen LogP) is 15.8. The van der Waals surface area contributed by atoms with Crippen LogP contribution in [0.5, 0.6) is 0 Å². The first kappa shape index (κ1) is 47.8. The molecule has 0 fully saturated rings. The summed E-state index contributed by atoms with van der Waals surface area (Å²) in [5.41, 5.74) is 25.1. The maximum atomic E-state index is 4.46. The highest BCUT2D eigenvalue weighted by atomic mass is 15.4. The summed E-state index contributed by atoms with van der Waals surface area (Å²) >= 11 is 0. The van der Waals surface area contributed by atoms with Crippen LogP contribution in [0.15, 0.2) is 144 Å². The van der Waals surface area contributed by atoms with Crippen molar-refractivity contribution in [2.45, 2.75) is 186 Å². The van der Waals surface area contributed by atoms with Crippen LogP contribution < -0.4 is 30.9 Å². The van der Waals surface area contributed by atoms with Crippen molar-refractivity contribution >= 4 is 51.8 Å². The number of anilines is 6. The minimum atomic E-state index is -0.235. The van der Waals surface area contributed by atoms with E-state index < -0.39 is 0 Å². The first-order chi connectivity index (χ1) is 34.6. The lowest BCUT2D eigenvalue weighted by Gasteiger charge is -2.52. The molecule has 7 aliphatic rings. The summed E-state index contributed by atoms with van der Waals surface area (Å²) in [5.74, 6) is 1.06. The number of allylic oxidation sites excluding steroid dienone is 1. The van der Waals surface area contributed by atoms with E-state index in [0.717, 1.165) is 42.9 Å². The van der Waals surface area contributed by atoms with Gasteiger partial charge in [0.25, 0.3) is 0 Å². The molecule has 0 bridgehead atoms. The van der Waals surface area contributed by atoms with Crippen LogP contribution in [-0.4, -0.2) is 12.9 Å². The molecule has 1 unspecified atom stereocenters. The summed E-state index contributed by atoms with van der Waals surface area (Å²) in [6.07, 6.45) is 6.77. The summed E-state index contributed by atoms with van der Waals surface area (Å²) in [7, 11) is 0. The molecule has 0 saturated carbocycles. The molecule has 5 heteroatoms. The zero-order valence-corrected chi connectivity index (χ0v) is 47.4. The third-order valence-corrected chi connectivity index (χ3v) is 19.6. The molecule has 3 aliphatic heterocycles. The van der Waals surface area contributed by atoms with Gasteiger partial charge in [0.05, 0.1) is 0 Å². The lowest BCUT2D eigenvalue weighted by molar-refractivity contribution is 0.402. The first-order valence-corrected chi connectivity index (χ1v) is 28.0. The van der Waals surface area contributed by atoms with Gasteiger partial charge in [-0.15, -0.1) is 0 Å². The Morgan fingerprint density at radius 2 is 0.797 bits per heavy atom. The summed E-state index contributed by atoms with van der Waals surface area (Å²) in [4.78, 5) is 7.94. The van der Waals surface area contributed by atoms with Crippen molar-refractivity contribution in [1.82, 2.24) is 5.32 Å². The Kier molecular flexibility index (Phi) is 9.63. The molecule has 4 aliphatic carbocycles. The Bertz CT molecular complexity index is 3410. The molecule has 3 heterocycles. The topological polar surface area (TPSA) is 21.8 Å². The van der Waals surface area contributed by atoms with Crippen molar-refractivity contribution in [2.24, 2.45) is 0 Å². The number of nitrogens with one attached hydrogen (secondary N) is 1. The Hall–Kier alpha value is -5.94. The molecule has 378 valence electrons. The Labute approximate surface area is 444 Å². The van der Waals surface area contributed by atoms with E-state index >= 15 is 0 Å². The fourth-order valence-corrected chi connectivity index (χ4v) is 17.5. The van der Waals surface area contributed by atoms with Crippen LogP contribution in [0.4, 0.5) is 34.1 Å². The fraction of sp³-hybridized carbons (Fsp3) is 0.420. The molecular weight excluding hydrogens is 896 g/mol. The van der Waals surface area contributed by atoms with E-state index in [1.54, 1.807) is 0 Å². The zero-order valence-electron chi connectivity index (χ0n) is 47.4. The van der Waals surface area contributed by atoms with Gasteiger partial charge in [0.1, 0.15) is 12.0 Å². The predicted molar refractivity (Wildman–Crippen MR) is 315 cm³/mol. The van der Waals surface area contributed by atoms with Crippen molar-refractivity contribution < 1.29 is 0 Å². The number of hydrogen-bond acceptors (Lipinski definition) is 4. The Morgan fingerprint density at radius 3 is 1.27 bits per heavy atom. The molecule has 0 amide bonds. The van der Waals surface area contributed by atoms with E-state index in [2.05, 4.69) is 258 Å². The van der Waals surface area contributed by atoms with E-state index in [9.17, 15) is 0 Å². The first-order valence-electron chi connectivity index (χ1n) is 28.0. The molecule has 6 aromatic rings. The van der Waals surface area contributed by atoms with E-state index in [1.165, 1.54) is 89.4 Å². The molecule has 0 radical (unpaired) electrons. The smallest absolute Gasteiger partial charge is 0.249 e. The number of rotatable bonds is 5. The van der Waals surface area contributed by atoms with Gasteiger partial charge in [-0.3, -0.25) is 4.90 Å². The summed E-state index contributed by atoms with van der Waals surface area (Å²) < 4.78 is 0. The van der Waals surface area contributed by atoms with Gasteiger partial charge < -0.3 is 15.1 Å². The maximum Gasteiger partial charge on any atom is 0.249 e. The number of nitrogens with zero attached hydrogens (tertiary/aromatic N) is 3. The number of benzene rings is 6. The van der Waals surface area contributed by atoms with E-state index in [1.807, 2.05) is 0 Å². The molecule has 0 spiro atoms. The summed E-state index contributed by atoms with van der Waals surface area (Å²) in [6.45, 7) is 39.6.